The summed E-state index contributed by atoms with van der Waals surface area (Å²) in [4.78, 5) is 0. The molecule has 0 aliphatic carbocycles. The van der Waals surface area contributed by atoms with Crippen molar-refractivity contribution in [3.05, 3.63) is 200 Å². The minimum atomic E-state index is -3.04. The van der Waals surface area contributed by atoms with Gasteiger partial charge >= 0.3 is 18.3 Å². The molecule has 0 aliphatic heterocycles. The van der Waals surface area contributed by atoms with Gasteiger partial charge in [-0.05, 0) is 381 Å². The molecule has 0 amide bonds. The summed E-state index contributed by atoms with van der Waals surface area (Å²) in [6.07, 6.45) is 0. The lowest BCUT2D eigenvalue weighted by Crippen LogP contribution is -2.56. The molecule has 0 radical (unpaired) electrons. The normalized spacial score (nSPS) is 13.2. The van der Waals surface area contributed by atoms with Crippen LogP contribution in [-0.2, 0) is 69.9 Å². The van der Waals surface area contributed by atoms with Crippen LogP contribution in [0, 0.1) is 0 Å². The number of halogens is 5. The second-order valence-electron chi connectivity index (χ2n) is 37.9. The van der Waals surface area contributed by atoms with E-state index in [1.165, 1.54) is 141 Å². The van der Waals surface area contributed by atoms with Gasteiger partial charge in [-0.1, -0.05) is 225 Å². The van der Waals surface area contributed by atoms with Gasteiger partial charge in [0.15, 0.2) is 0 Å². The molecular weight excluding hydrogens is 1730 g/mol. The Balaban J connectivity index is 0.000000187. The van der Waals surface area contributed by atoms with E-state index in [4.69, 9.17) is 26.6 Å². The van der Waals surface area contributed by atoms with E-state index < -0.39 is 18.3 Å². The Hall–Kier alpha value is -4.43. The lowest BCUT2D eigenvalue weighted by Gasteiger charge is -2.35. The number of hydrogen-bond acceptors (Lipinski definition) is 6. The molecule has 0 spiro atoms. The Bertz CT molecular complexity index is 5320. The zero-order valence-corrected chi connectivity index (χ0v) is 82.4. The lowest BCUT2D eigenvalue weighted by molar-refractivity contribution is 0.0859. The van der Waals surface area contributed by atoms with Crippen molar-refractivity contribution >= 4 is 200 Å². The van der Waals surface area contributed by atoms with E-state index in [2.05, 4.69) is 379 Å². The predicted octanol–water partition coefficient (Wildman–Crippen LogP) is 30.7. The van der Waals surface area contributed by atoms with Crippen LogP contribution in [-0.4, -0.2) is 58.0 Å². The molecule has 0 aromatic heterocycles. The Labute approximate surface area is 711 Å². The maximum atomic E-state index is 6.31. The molecule has 13 heteroatoms. The van der Waals surface area contributed by atoms with Crippen molar-refractivity contribution < 1.29 is 26.6 Å². The molecule has 12 rings (SSSR count). The molecule has 0 N–H and O–H groups in total. The van der Waals surface area contributed by atoms with Crippen molar-refractivity contribution in [2.45, 2.75) is 251 Å². The third-order valence-corrected chi connectivity index (χ3v) is 29.7. The van der Waals surface area contributed by atoms with Crippen molar-refractivity contribution in [3.8, 4) is 0 Å². The van der Waals surface area contributed by atoms with Crippen LogP contribution in [0.4, 0.5) is 0 Å². The van der Waals surface area contributed by atoms with Crippen LogP contribution < -0.4 is 5.19 Å². The van der Waals surface area contributed by atoms with E-state index in [9.17, 15) is 0 Å². The van der Waals surface area contributed by atoms with Gasteiger partial charge in [0.1, 0.15) is 0 Å². The van der Waals surface area contributed by atoms with Gasteiger partial charge in [0, 0.05) is 67.2 Å². The fourth-order valence-corrected chi connectivity index (χ4v) is 22.2. The standard InChI is InChI=1S/C40H58O3Si.C34H43Br.C18H8Br4.C6H16O3Si/c1-16-41-44(42-17-2,43-18-3)28-20-19-26-22-29-30(23-27(26)21-28)36(40(13,14)15)32-25-34(38(7,8)9)33(37(4,5)6)24-31(32)35(29)39(10,11)12;1-31(2,3)27-18-25-26(19-28(27)32(4,5)6)30(34(10,11)12)24-17-21-15-22(35)14-13-20(21)16-23(24)29(25)33(7,8)9;19-15-7-13-14(8-16(15)20)18(22)12-6-10-4-2-1-3-9(10)5-11(12)17(13)21;1-4-7-10(8-5-2)9-6-3/h19-25H,16-18H2,1-15H3;13-19H,1-12H3;1-8H;10H,4-6H2,1-3H3. The summed E-state index contributed by atoms with van der Waals surface area (Å²) in [7, 11) is -4.78. The number of rotatable bonds is 13. The first kappa shape index (κ1) is 90.5. The Morgan fingerprint density at radius 1 is 0.261 bits per heavy atom. The Morgan fingerprint density at radius 2 is 0.514 bits per heavy atom. The van der Waals surface area contributed by atoms with Gasteiger partial charge in [-0.15, -0.1) is 0 Å². The van der Waals surface area contributed by atoms with E-state index in [1.54, 1.807) is 0 Å². The van der Waals surface area contributed by atoms with Crippen LogP contribution in [0.2, 0.25) is 0 Å². The average molecular weight is 1850 g/mol. The molecule has 6 nitrogen and oxygen atoms in total. The maximum Gasteiger partial charge on any atom is 0.537 e. The summed E-state index contributed by atoms with van der Waals surface area (Å²) < 4.78 is 40.1. The number of fused-ring (bicyclic) bond motifs is 9. The highest BCUT2D eigenvalue weighted by Gasteiger charge is 2.44. The molecule has 0 unspecified atom stereocenters. The Morgan fingerprint density at radius 3 is 0.793 bits per heavy atom. The summed E-state index contributed by atoms with van der Waals surface area (Å²) >= 11 is 18.5. The molecule has 0 aliphatic rings. The van der Waals surface area contributed by atoms with Gasteiger partial charge in [-0.25, -0.2) is 0 Å². The largest absolute Gasteiger partial charge is 0.537 e. The van der Waals surface area contributed by atoms with Gasteiger partial charge in [0.05, 0.1) is 0 Å². The highest BCUT2D eigenvalue weighted by Crippen LogP contribution is 2.52. The van der Waals surface area contributed by atoms with Crippen molar-refractivity contribution in [1.29, 1.82) is 0 Å². The summed E-state index contributed by atoms with van der Waals surface area (Å²) in [5.74, 6) is 0. The van der Waals surface area contributed by atoms with Crippen LogP contribution >= 0.6 is 79.6 Å². The predicted molar refractivity (Wildman–Crippen MR) is 507 cm³/mol. The zero-order chi connectivity index (χ0) is 82.6. The topological polar surface area (TPSA) is 55.4 Å². The van der Waals surface area contributed by atoms with Crippen LogP contribution in [0.3, 0.4) is 0 Å². The molecule has 0 fully saturated rings. The van der Waals surface area contributed by atoms with Crippen LogP contribution in [0.5, 0.6) is 0 Å². The van der Waals surface area contributed by atoms with E-state index in [1.807, 2.05) is 41.5 Å². The average Bonchev–Trinajstić information content (AvgIpc) is 0.714. The second-order valence-corrected chi connectivity index (χ2v) is 46.3. The summed E-state index contributed by atoms with van der Waals surface area (Å²) in [6, 6.07) is 50.5. The fourth-order valence-electron chi connectivity index (χ4n) is 16.2. The first-order chi connectivity index (χ1) is 51.4. The van der Waals surface area contributed by atoms with Gasteiger partial charge in [-0.3, -0.25) is 0 Å². The van der Waals surface area contributed by atoms with E-state index in [0.717, 1.165) is 27.6 Å². The third-order valence-electron chi connectivity index (χ3n) is 20.8. The maximum absolute atomic E-state index is 6.31. The molecule has 111 heavy (non-hydrogen) atoms. The van der Waals surface area contributed by atoms with Crippen molar-refractivity contribution in [3.63, 3.8) is 0 Å². The molecule has 12 aromatic carbocycles. The van der Waals surface area contributed by atoms with Crippen LogP contribution in [0.25, 0.3) is 97.0 Å². The molecule has 0 saturated heterocycles. The van der Waals surface area contributed by atoms with Crippen LogP contribution in [0.1, 0.15) is 252 Å². The van der Waals surface area contributed by atoms with Gasteiger partial charge in [0.25, 0.3) is 0 Å². The molecule has 0 heterocycles. The van der Waals surface area contributed by atoms with Gasteiger partial charge in [-0.2, -0.15) is 0 Å². The molecule has 0 atom stereocenters. The first-order valence-corrected chi connectivity index (χ1v) is 47.1. The monoisotopic (exact) mass is 1850 g/mol. The second kappa shape index (κ2) is 34.6. The van der Waals surface area contributed by atoms with Gasteiger partial charge < -0.3 is 26.6 Å². The van der Waals surface area contributed by atoms with Crippen molar-refractivity contribution in [1.82, 2.24) is 0 Å². The smallest absolute Gasteiger partial charge is 0.376 e. The van der Waals surface area contributed by atoms with Crippen LogP contribution in [0.15, 0.2) is 156 Å². The zero-order valence-electron chi connectivity index (χ0n) is 72.4. The fraction of sp³-hybridized carbons (Fsp3) is 0.449. The van der Waals surface area contributed by atoms with E-state index in [-0.39, 0.29) is 43.3 Å². The van der Waals surface area contributed by atoms with Gasteiger partial charge in [0.2, 0.25) is 0 Å². The first-order valence-electron chi connectivity index (χ1n) is 40.0. The quantitative estimate of drug-likeness (QED) is 0.0847. The number of benzene rings is 12. The summed E-state index contributed by atoms with van der Waals surface area (Å²) in [5, 5.41) is 24.4. The lowest BCUT2D eigenvalue weighted by atomic mass is 9.69. The highest BCUT2D eigenvalue weighted by atomic mass is 79.9. The molecular formula is C98H125Br5O6Si2. The SMILES string of the molecule is Brc1cc2c(Br)c3cc4ccccc4cc3c(Br)c2cc1Br.CC(C)(C)c1cc2c(C(C)(C)C)c3cc4ccc(Br)cc4cc3c(C(C)(C)C)c2cc1C(C)(C)C.CCO[SiH](OCC)OCC.CCO[Si](OCC)(OCC)c1ccc2cc3c(C(C)(C)C)c4cc(C(C)(C)C)c(C(C)(C)C)cc4c(C(C)(C)C)c3cc2c1. The minimum Gasteiger partial charge on any atom is -0.376 e. The van der Waals surface area contributed by atoms with Crippen molar-refractivity contribution in [2.75, 3.05) is 39.6 Å². The molecule has 596 valence electrons. The molecule has 0 bridgehead atoms. The van der Waals surface area contributed by atoms with E-state index in [0.29, 0.717) is 39.6 Å². The van der Waals surface area contributed by atoms with Crippen molar-refractivity contribution in [2.24, 2.45) is 0 Å². The summed E-state index contributed by atoms with van der Waals surface area (Å²) in [6.45, 7) is 72.2. The third kappa shape index (κ3) is 19.7. The minimum absolute atomic E-state index is 0.00497. The molecule has 12 aromatic rings. The van der Waals surface area contributed by atoms with E-state index >= 15 is 0 Å². The Kier molecular flexibility index (Phi) is 28.2. The summed E-state index contributed by atoms with van der Waals surface area (Å²) in [5.41, 5.74) is 11.6. The molecule has 0 saturated carbocycles. The number of hydrogen-bond donors (Lipinski definition) is 0. The highest BCUT2D eigenvalue weighted by molar-refractivity contribution is 9.13.